The smallest absolute Gasteiger partial charge is 1.00 e. The average molecular weight is 302 g/mol. The fourth-order valence-corrected chi connectivity index (χ4v) is 1.57. The van der Waals surface area contributed by atoms with Crippen LogP contribution in [-0.4, -0.2) is 43.4 Å². The third-order valence-electron chi connectivity index (χ3n) is 1.57. The monoisotopic (exact) mass is 302 g/mol. The van der Waals surface area contributed by atoms with E-state index in [-0.39, 0.29) is 75.2 Å². The van der Waals surface area contributed by atoms with Crippen molar-refractivity contribution in [2.24, 2.45) is 0 Å². The van der Waals surface area contributed by atoms with E-state index in [4.69, 9.17) is 4.55 Å². The van der Waals surface area contributed by atoms with Gasteiger partial charge in [0.25, 0.3) is 10.1 Å². The molecule has 1 N–H and O–H groups in total. The normalized spacial score (nSPS) is 11.5. The molecule has 0 aliphatic carbocycles. The average Bonchev–Trinajstić information content (AvgIpc) is 2.13. The van der Waals surface area contributed by atoms with E-state index >= 15 is 0 Å². The molecule has 10 heteroatoms. The molecule has 0 amide bonds. The van der Waals surface area contributed by atoms with Gasteiger partial charge in [0.15, 0.2) is 5.25 Å². The number of carbonyl (C=O) groups is 2. The Morgan fingerprint density at radius 2 is 1.61 bits per heavy atom. The van der Waals surface area contributed by atoms with Crippen molar-refractivity contribution in [3.63, 3.8) is 0 Å². The van der Waals surface area contributed by atoms with Gasteiger partial charge in [-0.05, 0) is 13.8 Å². The summed E-state index contributed by atoms with van der Waals surface area (Å²) in [4.78, 5) is 22.2. The van der Waals surface area contributed by atoms with Crippen molar-refractivity contribution in [1.82, 2.24) is 0 Å². The first-order chi connectivity index (χ1) is 7.32. The van der Waals surface area contributed by atoms with Crippen LogP contribution in [0.3, 0.4) is 0 Å². The molecule has 0 saturated heterocycles. The third kappa shape index (κ3) is 9.74. The Labute approximate surface area is 153 Å². The Morgan fingerprint density at radius 1 is 1.17 bits per heavy atom. The Bertz CT molecular complexity index is 364. The van der Waals surface area contributed by atoms with Gasteiger partial charge in [-0.1, -0.05) is 0 Å². The van der Waals surface area contributed by atoms with Gasteiger partial charge in [0.05, 0.1) is 19.6 Å². The van der Waals surface area contributed by atoms with Crippen LogP contribution in [-0.2, 0) is 29.2 Å². The van der Waals surface area contributed by atoms with Crippen LogP contribution < -0.4 is 59.1 Å². The van der Waals surface area contributed by atoms with Crippen LogP contribution in [0.15, 0.2) is 0 Å². The van der Waals surface area contributed by atoms with E-state index in [1.807, 2.05) is 0 Å². The van der Waals surface area contributed by atoms with Crippen molar-refractivity contribution in [3.05, 3.63) is 0 Å². The van der Waals surface area contributed by atoms with E-state index < -0.39 is 33.7 Å². The molecule has 0 heterocycles. The first-order valence-corrected chi connectivity index (χ1v) is 6.11. The van der Waals surface area contributed by atoms with Gasteiger partial charge < -0.3 is 12.3 Å². The summed E-state index contributed by atoms with van der Waals surface area (Å²) in [6, 6.07) is 0. The zero-order valence-electron chi connectivity index (χ0n) is 13.0. The van der Waals surface area contributed by atoms with Crippen LogP contribution in [0.2, 0.25) is 0 Å². The molecule has 0 radical (unpaired) electrons. The van der Waals surface area contributed by atoms with Crippen molar-refractivity contribution < 1.29 is 94.0 Å². The summed E-state index contributed by atoms with van der Waals surface area (Å²) in [5, 5.41) is -1.92. The Kier molecular flexibility index (Phi) is 15.5. The summed E-state index contributed by atoms with van der Waals surface area (Å²) in [5.74, 6) is -2.06. The standard InChI is InChI=1S/C8H14O7S.2Na.2H/c1-3-14-7(9)5-6(16(11,12)13)8(10)15-4-2;;;;/h6H,3-5H2,1-2H3,(H,11,12,13);;;;/q;2*+1;2*-1. The second-order valence-electron chi connectivity index (χ2n) is 2.76. The maximum absolute atomic E-state index is 11.2. The van der Waals surface area contributed by atoms with E-state index in [1.54, 1.807) is 0 Å². The number of hydrogen-bond acceptors (Lipinski definition) is 6. The van der Waals surface area contributed by atoms with E-state index in [9.17, 15) is 18.0 Å². The van der Waals surface area contributed by atoms with Crippen molar-refractivity contribution >= 4 is 22.1 Å². The van der Waals surface area contributed by atoms with Gasteiger partial charge in [0.2, 0.25) is 0 Å². The number of esters is 2. The fourth-order valence-electron chi connectivity index (χ4n) is 0.917. The van der Waals surface area contributed by atoms with Crippen molar-refractivity contribution in [3.8, 4) is 0 Å². The van der Waals surface area contributed by atoms with Gasteiger partial charge >= 0.3 is 71.1 Å². The number of carbonyl (C=O) groups excluding carboxylic acids is 2. The van der Waals surface area contributed by atoms with Crippen LogP contribution in [0, 0.1) is 0 Å². The van der Waals surface area contributed by atoms with Gasteiger partial charge in [0, 0.05) is 0 Å². The molecule has 0 rings (SSSR count). The summed E-state index contributed by atoms with van der Waals surface area (Å²) >= 11 is 0. The van der Waals surface area contributed by atoms with Gasteiger partial charge in [-0.15, -0.1) is 0 Å². The Morgan fingerprint density at radius 3 is 1.94 bits per heavy atom. The van der Waals surface area contributed by atoms with E-state index in [2.05, 4.69) is 9.47 Å². The molecule has 98 valence electrons. The zero-order chi connectivity index (χ0) is 12.8. The summed E-state index contributed by atoms with van der Waals surface area (Å²) in [5.41, 5.74) is 0. The summed E-state index contributed by atoms with van der Waals surface area (Å²) in [7, 11) is -4.68. The van der Waals surface area contributed by atoms with Crippen LogP contribution >= 0.6 is 0 Å². The molecule has 0 aliphatic heterocycles. The van der Waals surface area contributed by atoms with E-state index in [1.165, 1.54) is 13.8 Å². The maximum Gasteiger partial charge on any atom is 1.00 e. The van der Waals surface area contributed by atoms with Crippen LogP contribution in [0.1, 0.15) is 23.1 Å². The second-order valence-corrected chi connectivity index (χ2v) is 4.36. The molecule has 1 atom stereocenters. The minimum absolute atomic E-state index is 0. The minimum Gasteiger partial charge on any atom is -1.00 e. The predicted molar refractivity (Wildman–Crippen MR) is 55.4 cm³/mol. The first kappa shape index (κ1) is 23.9. The number of ether oxygens (including phenoxy) is 2. The SMILES string of the molecule is CCOC(=O)CC(C(=O)OCC)S(=O)(=O)O.[H-].[H-].[Na+].[Na+]. The largest absolute Gasteiger partial charge is 1.00 e. The molecule has 0 aromatic heterocycles. The van der Waals surface area contributed by atoms with Crippen LogP contribution in [0.25, 0.3) is 0 Å². The fraction of sp³-hybridized carbons (Fsp3) is 0.750. The molecule has 0 aliphatic rings. The van der Waals surface area contributed by atoms with Crippen molar-refractivity contribution in [1.29, 1.82) is 0 Å². The molecular formula is C8H16Na2O7S. The quantitative estimate of drug-likeness (QED) is 0.296. The summed E-state index contributed by atoms with van der Waals surface area (Å²) in [6.07, 6.45) is -0.758. The molecule has 1 unspecified atom stereocenters. The molecule has 7 nitrogen and oxygen atoms in total. The van der Waals surface area contributed by atoms with Gasteiger partial charge in [0.1, 0.15) is 0 Å². The van der Waals surface area contributed by atoms with Crippen molar-refractivity contribution in [2.45, 2.75) is 25.5 Å². The maximum atomic E-state index is 11.2. The molecule has 0 bridgehead atoms. The summed E-state index contributed by atoms with van der Waals surface area (Å²) < 4.78 is 39.3. The predicted octanol–water partition coefficient (Wildman–Crippen LogP) is -6.01. The molecular weight excluding hydrogens is 286 g/mol. The first-order valence-electron chi connectivity index (χ1n) is 4.61. The Balaban J connectivity index is -0.000000187. The molecule has 0 fully saturated rings. The topological polar surface area (TPSA) is 107 Å². The number of hydrogen-bond donors (Lipinski definition) is 1. The van der Waals surface area contributed by atoms with E-state index in [0.29, 0.717) is 0 Å². The molecule has 0 spiro atoms. The third-order valence-corrected chi connectivity index (χ3v) is 2.64. The van der Waals surface area contributed by atoms with Crippen molar-refractivity contribution in [2.75, 3.05) is 13.2 Å². The zero-order valence-corrected chi connectivity index (χ0v) is 15.8. The van der Waals surface area contributed by atoms with Gasteiger partial charge in [-0.25, -0.2) is 0 Å². The van der Waals surface area contributed by atoms with Gasteiger partial charge in [-0.3, -0.25) is 14.1 Å². The van der Waals surface area contributed by atoms with Crippen LogP contribution in [0.4, 0.5) is 0 Å². The van der Waals surface area contributed by atoms with Crippen LogP contribution in [0.5, 0.6) is 0 Å². The molecule has 18 heavy (non-hydrogen) atoms. The van der Waals surface area contributed by atoms with Gasteiger partial charge in [-0.2, -0.15) is 8.42 Å². The molecule has 0 saturated carbocycles. The van der Waals surface area contributed by atoms with E-state index in [0.717, 1.165) is 0 Å². The number of rotatable bonds is 6. The molecule has 0 aromatic rings. The second kappa shape index (κ2) is 11.7. The Hall–Kier alpha value is 0.850. The molecule has 0 aromatic carbocycles. The summed E-state index contributed by atoms with van der Waals surface area (Å²) in [6.45, 7) is 3.02. The minimum atomic E-state index is -4.68.